The minimum Gasteiger partial charge on any atom is -0.462 e. The summed E-state index contributed by atoms with van der Waals surface area (Å²) in [6.45, 7) is 6.48. The van der Waals surface area contributed by atoms with E-state index in [1.165, 1.54) is 128 Å². The van der Waals surface area contributed by atoms with Crippen LogP contribution in [0.1, 0.15) is 278 Å². The Morgan fingerprint density at radius 1 is 0.304 bits per heavy atom. The second-order valence-electron chi connectivity index (χ2n) is 19.2. The number of hydrogen-bond donors (Lipinski definition) is 0. The van der Waals surface area contributed by atoms with Crippen LogP contribution in [-0.4, -0.2) is 37.2 Å². The molecule has 0 aliphatic carbocycles. The van der Waals surface area contributed by atoms with Crippen molar-refractivity contribution in [1.29, 1.82) is 0 Å². The van der Waals surface area contributed by atoms with E-state index in [4.69, 9.17) is 14.2 Å². The molecule has 0 aliphatic heterocycles. The van der Waals surface area contributed by atoms with Gasteiger partial charge < -0.3 is 14.2 Å². The SMILES string of the molecule is CC/C=C\C/C=C\C/C=C\C/C=C\CCCCCCC(=O)OC(COC(=O)CCCCCCCCCCC)COC(=O)CCCCCCCCCCCC/C=C\C/C=C\C/C=C\CCCCCCC. The quantitative estimate of drug-likeness (QED) is 0.0262. The van der Waals surface area contributed by atoms with E-state index >= 15 is 0 Å². The minimum absolute atomic E-state index is 0.0865. The lowest BCUT2D eigenvalue weighted by molar-refractivity contribution is -0.167. The van der Waals surface area contributed by atoms with Crippen molar-refractivity contribution in [3.63, 3.8) is 0 Å². The third kappa shape index (κ3) is 55.4. The summed E-state index contributed by atoms with van der Waals surface area (Å²) in [5, 5.41) is 0. The molecular formula is C63H108O6. The fraction of sp³-hybridized carbons (Fsp3) is 0.730. The molecule has 6 nitrogen and oxygen atoms in total. The van der Waals surface area contributed by atoms with E-state index in [0.717, 1.165) is 109 Å². The molecule has 0 N–H and O–H groups in total. The van der Waals surface area contributed by atoms with Gasteiger partial charge in [0, 0.05) is 19.3 Å². The van der Waals surface area contributed by atoms with Crippen molar-refractivity contribution in [2.24, 2.45) is 0 Å². The molecule has 0 fully saturated rings. The maximum atomic E-state index is 12.8. The van der Waals surface area contributed by atoms with Gasteiger partial charge in [0.05, 0.1) is 0 Å². The minimum atomic E-state index is -0.789. The van der Waals surface area contributed by atoms with E-state index in [1.54, 1.807) is 0 Å². The fourth-order valence-electron chi connectivity index (χ4n) is 8.03. The molecule has 1 unspecified atom stereocenters. The van der Waals surface area contributed by atoms with Crippen LogP contribution in [0.5, 0.6) is 0 Å². The van der Waals surface area contributed by atoms with E-state index in [1.807, 2.05) is 0 Å². The van der Waals surface area contributed by atoms with Crippen LogP contribution >= 0.6 is 0 Å². The van der Waals surface area contributed by atoms with Crippen LogP contribution < -0.4 is 0 Å². The summed E-state index contributed by atoms with van der Waals surface area (Å²) in [7, 11) is 0. The highest BCUT2D eigenvalue weighted by atomic mass is 16.6. The van der Waals surface area contributed by atoms with Gasteiger partial charge in [-0.1, -0.05) is 247 Å². The molecule has 0 aromatic heterocycles. The molecule has 69 heavy (non-hydrogen) atoms. The highest BCUT2D eigenvalue weighted by molar-refractivity contribution is 5.71. The van der Waals surface area contributed by atoms with Gasteiger partial charge in [-0.05, 0) is 96.3 Å². The van der Waals surface area contributed by atoms with Crippen LogP contribution in [0, 0.1) is 0 Å². The lowest BCUT2D eigenvalue weighted by Crippen LogP contribution is -2.30. The molecule has 0 aromatic carbocycles. The second kappa shape index (κ2) is 57.2. The molecule has 0 aromatic rings. The van der Waals surface area contributed by atoms with Crippen molar-refractivity contribution in [2.45, 2.75) is 284 Å². The average molecular weight is 962 g/mol. The summed E-state index contributed by atoms with van der Waals surface area (Å²) in [5.41, 5.74) is 0. The lowest BCUT2D eigenvalue weighted by Gasteiger charge is -2.18. The average Bonchev–Trinajstić information content (AvgIpc) is 3.35. The van der Waals surface area contributed by atoms with E-state index < -0.39 is 6.10 Å². The number of ether oxygens (including phenoxy) is 3. The Hall–Kier alpha value is -3.41. The van der Waals surface area contributed by atoms with Crippen molar-refractivity contribution < 1.29 is 28.6 Å². The topological polar surface area (TPSA) is 78.9 Å². The number of carbonyl (C=O) groups is 3. The zero-order chi connectivity index (χ0) is 50.0. The Kier molecular flexibility index (Phi) is 54.3. The predicted molar refractivity (Wildman–Crippen MR) is 297 cm³/mol. The zero-order valence-electron chi connectivity index (χ0n) is 45.3. The molecule has 1 atom stereocenters. The van der Waals surface area contributed by atoms with Gasteiger partial charge in [-0.3, -0.25) is 14.4 Å². The summed E-state index contributed by atoms with van der Waals surface area (Å²) in [6, 6.07) is 0. The Balaban J connectivity index is 4.27. The lowest BCUT2D eigenvalue weighted by atomic mass is 10.1. The van der Waals surface area contributed by atoms with Gasteiger partial charge in [-0.15, -0.1) is 0 Å². The molecule has 0 saturated heterocycles. The van der Waals surface area contributed by atoms with Gasteiger partial charge >= 0.3 is 17.9 Å². The van der Waals surface area contributed by atoms with Crippen LogP contribution in [-0.2, 0) is 28.6 Å². The van der Waals surface area contributed by atoms with Crippen molar-refractivity contribution in [2.75, 3.05) is 13.2 Å². The van der Waals surface area contributed by atoms with Crippen LogP contribution in [0.3, 0.4) is 0 Å². The van der Waals surface area contributed by atoms with Gasteiger partial charge in [-0.25, -0.2) is 0 Å². The van der Waals surface area contributed by atoms with Gasteiger partial charge in [0.25, 0.3) is 0 Å². The molecule has 0 bridgehead atoms. The normalized spacial score (nSPS) is 12.7. The molecule has 0 amide bonds. The number of esters is 3. The standard InChI is InChI=1S/C63H108O6/c1-4-7-10-13-16-19-21-23-25-27-28-29-30-31-32-33-34-36-37-39-41-44-47-50-53-56-62(65)68-59-60(58-67-61(64)55-52-49-46-43-18-15-12-9-6-3)69-63(66)57-54-51-48-45-42-40-38-35-26-24-22-20-17-14-11-8-5-2/h8,11,17,20-21,23-24,26-28,30-31,38,40,60H,4-7,9-10,12-16,18-19,22,25,29,32-37,39,41-59H2,1-3H3/b11-8-,20-17-,23-21-,26-24-,28-27-,31-30-,40-38-. The highest BCUT2D eigenvalue weighted by Gasteiger charge is 2.19. The van der Waals surface area contributed by atoms with Gasteiger partial charge in [0.1, 0.15) is 13.2 Å². The highest BCUT2D eigenvalue weighted by Crippen LogP contribution is 2.15. The fourth-order valence-corrected chi connectivity index (χ4v) is 8.03. The number of rotatable bonds is 52. The molecule has 0 heterocycles. The first-order valence-corrected chi connectivity index (χ1v) is 29.1. The summed E-state index contributed by atoms with van der Waals surface area (Å²) < 4.78 is 16.8. The van der Waals surface area contributed by atoms with Crippen LogP contribution in [0.2, 0.25) is 0 Å². The first-order chi connectivity index (χ1) is 34.0. The van der Waals surface area contributed by atoms with Crippen molar-refractivity contribution in [3.8, 4) is 0 Å². The van der Waals surface area contributed by atoms with Crippen LogP contribution in [0.25, 0.3) is 0 Å². The Labute approximate surface area is 426 Å². The molecule has 6 heteroatoms. The summed E-state index contributed by atoms with van der Waals surface area (Å²) in [5.74, 6) is -0.912. The second-order valence-corrected chi connectivity index (χ2v) is 19.2. The molecule has 0 aliphatic rings. The summed E-state index contributed by atoms with van der Waals surface area (Å²) >= 11 is 0. The molecule has 0 radical (unpaired) electrons. The first-order valence-electron chi connectivity index (χ1n) is 29.1. The number of unbranched alkanes of at least 4 members (excludes halogenated alkanes) is 27. The predicted octanol–water partition coefficient (Wildman–Crippen LogP) is 19.5. The Morgan fingerprint density at radius 2 is 0.565 bits per heavy atom. The van der Waals surface area contributed by atoms with Crippen LogP contribution in [0.4, 0.5) is 0 Å². The first kappa shape index (κ1) is 65.6. The maximum absolute atomic E-state index is 12.8. The third-order valence-corrected chi connectivity index (χ3v) is 12.4. The summed E-state index contributed by atoms with van der Waals surface area (Å²) in [6.07, 6.45) is 74.4. The molecular weight excluding hydrogens is 853 g/mol. The van der Waals surface area contributed by atoms with Gasteiger partial charge in [-0.2, -0.15) is 0 Å². The van der Waals surface area contributed by atoms with E-state index in [9.17, 15) is 14.4 Å². The molecule has 0 spiro atoms. The van der Waals surface area contributed by atoms with Gasteiger partial charge in [0.15, 0.2) is 6.10 Å². The van der Waals surface area contributed by atoms with Crippen LogP contribution in [0.15, 0.2) is 85.1 Å². The smallest absolute Gasteiger partial charge is 0.306 e. The van der Waals surface area contributed by atoms with Crippen molar-refractivity contribution >= 4 is 17.9 Å². The number of allylic oxidation sites excluding steroid dienone is 14. The van der Waals surface area contributed by atoms with Gasteiger partial charge in [0.2, 0.25) is 0 Å². The van der Waals surface area contributed by atoms with E-state index in [0.29, 0.717) is 19.3 Å². The monoisotopic (exact) mass is 961 g/mol. The molecule has 0 saturated carbocycles. The number of carbonyl (C=O) groups excluding carboxylic acids is 3. The van der Waals surface area contributed by atoms with E-state index in [-0.39, 0.29) is 31.1 Å². The maximum Gasteiger partial charge on any atom is 0.306 e. The summed E-state index contributed by atoms with van der Waals surface area (Å²) in [4.78, 5) is 38.0. The number of hydrogen-bond acceptors (Lipinski definition) is 6. The van der Waals surface area contributed by atoms with Crippen molar-refractivity contribution in [1.82, 2.24) is 0 Å². The molecule has 396 valence electrons. The van der Waals surface area contributed by atoms with E-state index in [2.05, 4.69) is 106 Å². The zero-order valence-corrected chi connectivity index (χ0v) is 45.3. The van der Waals surface area contributed by atoms with Crippen molar-refractivity contribution in [3.05, 3.63) is 85.1 Å². The third-order valence-electron chi connectivity index (χ3n) is 12.4. The largest absolute Gasteiger partial charge is 0.462 e. The Bertz CT molecular complexity index is 1330. The molecule has 0 rings (SSSR count). The Morgan fingerprint density at radius 3 is 0.884 bits per heavy atom.